The topological polar surface area (TPSA) is 38.3 Å². The summed E-state index contributed by atoms with van der Waals surface area (Å²) >= 11 is 0. The maximum atomic E-state index is 12.5. The zero-order chi connectivity index (χ0) is 22.1. The lowest BCUT2D eigenvalue weighted by molar-refractivity contribution is 0.138. The summed E-state index contributed by atoms with van der Waals surface area (Å²) in [6, 6.07) is 19.2. The maximum absolute atomic E-state index is 12.5. The van der Waals surface area contributed by atoms with E-state index in [1.165, 1.54) is 0 Å². The lowest BCUT2D eigenvalue weighted by atomic mass is 10.1. The summed E-state index contributed by atoms with van der Waals surface area (Å²) < 4.78 is 5.45. The predicted octanol–water partition coefficient (Wildman–Crippen LogP) is 6.88. The fraction of sp³-hybridized carbons (Fsp3) is 0.423. The first-order valence-corrected chi connectivity index (χ1v) is 13.1. The fourth-order valence-electron chi connectivity index (χ4n) is 4.36. The zero-order valence-corrected chi connectivity index (χ0v) is 20.1. The van der Waals surface area contributed by atoms with Crippen molar-refractivity contribution in [3.63, 3.8) is 0 Å². The van der Waals surface area contributed by atoms with Crippen LogP contribution in [0, 0.1) is 11.5 Å². The summed E-state index contributed by atoms with van der Waals surface area (Å²) in [6.45, 7) is 14.0. The molecule has 0 aliphatic rings. The van der Waals surface area contributed by atoms with Gasteiger partial charge in [-0.05, 0) is 27.8 Å². The highest BCUT2D eigenvalue weighted by Gasteiger charge is 2.41. The molecule has 160 valence electrons. The van der Waals surface area contributed by atoms with Gasteiger partial charge in [0, 0.05) is 0 Å². The van der Waals surface area contributed by atoms with Gasteiger partial charge in [-0.1, -0.05) is 108 Å². The molecular formula is C26H35NO2Si. The number of benzene rings is 2. The quantitative estimate of drug-likeness (QED) is 0.391. The highest BCUT2D eigenvalue weighted by atomic mass is 28.3. The van der Waals surface area contributed by atoms with Crippen LogP contribution in [0.3, 0.4) is 0 Å². The maximum Gasteiger partial charge on any atom is 0.408 e. The first-order valence-electron chi connectivity index (χ1n) is 10.8. The van der Waals surface area contributed by atoms with E-state index in [1.807, 2.05) is 60.7 Å². The average Bonchev–Trinajstić information content (AvgIpc) is 2.72. The van der Waals surface area contributed by atoms with E-state index in [9.17, 15) is 4.79 Å². The van der Waals surface area contributed by atoms with Gasteiger partial charge in [0.1, 0.15) is 20.7 Å². The van der Waals surface area contributed by atoms with Crippen LogP contribution in [0.15, 0.2) is 60.7 Å². The van der Waals surface area contributed by atoms with Crippen molar-refractivity contribution in [3.05, 3.63) is 71.8 Å². The highest BCUT2D eigenvalue weighted by Crippen LogP contribution is 2.40. The Kier molecular flexibility index (Phi) is 8.74. The number of carbonyl (C=O) groups excluding carboxylic acids is 1. The average molecular weight is 422 g/mol. The van der Waals surface area contributed by atoms with Gasteiger partial charge in [-0.15, -0.1) is 5.54 Å². The van der Waals surface area contributed by atoms with E-state index < -0.39 is 20.2 Å². The molecule has 0 fully saturated rings. The first kappa shape index (κ1) is 23.8. The van der Waals surface area contributed by atoms with Gasteiger partial charge in [-0.2, -0.15) is 0 Å². The van der Waals surface area contributed by atoms with E-state index in [0.717, 1.165) is 11.1 Å². The molecule has 2 aromatic carbocycles. The van der Waals surface area contributed by atoms with Crippen molar-refractivity contribution in [2.45, 2.75) is 70.8 Å². The Morgan fingerprint density at radius 3 is 1.87 bits per heavy atom. The van der Waals surface area contributed by atoms with E-state index in [4.69, 9.17) is 4.74 Å². The molecule has 2 rings (SSSR count). The van der Waals surface area contributed by atoms with Crippen LogP contribution in [-0.2, 0) is 11.3 Å². The number of ether oxygens (including phenoxy) is 1. The second-order valence-corrected chi connectivity index (χ2v) is 14.3. The SMILES string of the molecule is CC(C)[Si](C#CC(NC(=O)OCc1ccccc1)c1ccccc1)(C(C)C)C(C)C. The first-order chi connectivity index (χ1) is 14.3. The summed E-state index contributed by atoms with van der Waals surface area (Å²) in [4.78, 5) is 12.5. The molecule has 0 aliphatic carbocycles. The third kappa shape index (κ3) is 6.00. The molecule has 0 aliphatic heterocycles. The van der Waals surface area contributed by atoms with E-state index in [-0.39, 0.29) is 6.61 Å². The van der Waals surface area contributed by atoms with E-state index in [2.05, 4.69) is 58.3 Å². The number of hydrogen-bond donors (Lipinski definition) is 1. The van der Waals surface area contributed by atoms with Gasteiger partial charge in [0.05, 0.1) is 0 Å². The molecule has 4 heteroatoms. The summed E-state index contributed by atoms with van der Waals surface area (Å²) in [7, 11) is -1.90. The molecule has 30 heavy (non-hydrogen) atoms. The number of hydrogen-bond acceptors (Lipinski definition) is 2. The van der Waals surface area contributed by atoms with Crippen molar-refractivity contribution in [2.24, 2.45) is 0 Å². The molecule has 0 radical (unpaired) electrons. The molecule has 0 bridgehead atoms. The second-order valence-electron chi connectivity index (χ2n) is 8.72. The van der Waals surface area contributed by atoms with Gasteiger partial charge in [-0.25, -0.2) is 4.79 Å². The fourth-order valence-corrected chi connectivity index (χ4v) is 9.62. The van der Waals surface area contributed by atoms with Gasteiger partial charge in [0.15, 0.2) is 0 Å². The van der Waals surface area contributed by atoms with Crippen LogP contribution in [0.25, 0.3) is 0 Å². The Morgan fingerprint density at radius 1 is 0.867 bits per heavy atom. The molecule has 0 aromatic heterocycles. The van der Waals surface area contributed by atoms with Gasteiger partial charge >= 0.3 is 6.09 Å². The molecule has 1 N–H and O–H groups in total. The minimum Gasteiger partial charge on any atom is -0.445 e. The minimum absolute atomic E-state index is 0.240. The Bertz CT molecular complexity index is 829. The molecular weight excluding hydrogens is 386 g/mol. The van der Waals surface area contributed by atoms with Crippen molar-refractivity contribution in [2.75, 3.05) is 0 Å². The van der Waals surface area contributed by atoms with E-state index in [0.29, 0.717) is 16.6 Å². The van der Waals surface area contributed by atoms with E-state index >= 15 is 0 Å². The smallest absolute Gasteiger partial charge is 0.408 e. The van der Waals surface area contributed by atoms with Gasteiger partial charge < -0.3 is 10.1 Å². The third-order valence-electron chi connectivity index (χ3n) is 5.91. The zero-order valence-electron chi connectivity index (χ0n) is 19.1. The van der Waals surface area contributed by atoms with E-state index in [1.54, 1.807) is 0 Å². The molecule has 0 saturated carbocycles. The van der Waals surface area contributed by atoms with Gasteiger partial charge in [0.25, 0.3) is 0 Å². The van der Waals surface area contributed by atoms with Crippen molar-refractivity contribution in [1.82, 2.24) is 5.32 Å². The van der Waals surface area contributed by atoms with Crippen molar-refractivity contribution in [3.8, 4) is 11.5 Å². The minimum atomic E-state index is -1.90. The molecule has 2 aromatic rings. The van der Waals surface area contributed by atoms with Crippen LogP contribution in [-0.4, -0.2) is 14.2 Å². The molecule has 0 spiro atoms. The Morgan fingerprint density at radius 2 is 1.37 bits per heavy atom. The molecule has 1 atom stereocenters. The molecule has 0 heterocycles. The number of carbonyl (C=O) groups is 1. The van der Waals surface area contributed by atoms with Crippen molar-refractivity contribution in [1.29, 1.82) is 0 Å². The normalized spacial score (nSPS) is 12.4. The Labute approximate surface area is 183 Å². The summed E-state index contributed by atoms with van der Waals surface area (Å²) in [5.41, 5.74) is 7.26. The van der Waals surface area contributed by atoms with Crippen LogP contribution in [0.4, 0.5) is 4.79 Å². The van der Waals surface area contributed by atoms with Crippen LogP contribution in [0.5, 0.6) is 0 Å². The number of amides is 1. The summed E-state index contributed by atoms with van der Waals surface area (Å²) in [5.74, 6) is 3.45. The highest BCUT2D eigenvalue weighted by molar-refractivity contribution is 6.90. The second kappa shape index (κ2) is 11.0. The Hall–Kier alpha value is -2.51. The lowest BCUT2D eigenvalue weighted by Gasteiger charge is -2.38. The molecule has 3 nitrogen and oxygen atoms in total. The van der Waals surface area contributed by atoms with Crippen LogP contribution in [0.2, 0.25) is 16.6 Å². The van der Waals surface area contributed by atoms with Gasteiger partial charge in [0.2, 0.25) is 0 Å². The molecule has 1 unspecified atom stereocenters. The van der Waals surface area contributed by atoms with Crippen LogP contribution < -0.4 is 5.32 Å². The summed E-state index contributed by atoms with van der Waals surface area (Å²) in [6.07, 6.45) is -0.451. The van der Waals surface area contributed by atoms with Crippen LogP contribution in [0.1, 0.15) is 58.7 Å². The number of nitrogens with one attached hydrogen (secondary N) is 1. The Balaban J connectivity index is 2.26. The van der Waals surface area contributed by atoms with Crippen molar-refractivity contribution >= 4 is 14.2 Å². The number of rotatable bonds is 7. The largest absolute Gasteiger partial charge is 0.445 e. The third-order valence-corrected chi connectivity index (χ3v) is 12.2. The van der Waals surface area contributed by atoms with Gasteiger partial charge in [-0.3, -0.25) is 0 Å². The lowest BCUT2D eigenvalue weighted by Crippen LogP contribution is -2.43. The van der Waals surface area contributed by atoms with Crippen molar-refractivity contribution < 1.29 is 9.53 Å². The number of alkyl carbamates (subject to hydrolysis) is 1. The standard InChI is InChI=1S/C26H35NO2Si/c1-20(2)30(21(3)4,22(5)6)18-17-25(24-15-11-8-12-16-24)27-26(28)29-19-23-13-9-7-10-14-23/h7-16,20-22,25H,19H2,1-6H3,(H,27,28). The van der Waals surface area contributed by atoms with Crippen LogP contribution >= 0.6 is 0 Å². The monoisotopic (exact) mass is 421 g/mol. The molecule has 1 amide bonds. The molecule has 0 saturated heterocycles. The summed E-state index contributed by atoms with van der Waals surface area (Å²) in [5, 5.41) is 2.98. The predicted molar refractivity (Wildman–Crippen MR) is 128 cm³/mol.